The molecule has 14 heteroatoms. The van der Waals surface area contributed by atoms with Gasteiger partial charge in [0.2, 0.25) is 11.8 Å². The number of likely N-dealkylation sites (tertiary alicyclic amines) is 1. The highest BCUT2D eigenvalue weighted by Crippen LogP contribution is 2.65. The SMILES string of the molecule is CC(C)(C)C(NC(=O)C(F)(F)F)C(=O)N1C[C@H]2[C@@H]([C@H]1C(=O)NC(C#N)c1cc(=O)n(C(F)F)c3ccccc13)C2(C)C. The lowest BCUT2D eigenvalue weighted by Crippen LogP contribution is -2.60. The lowest BCUT2D eigenvalue weighted by molar-refractivity contribution is -0.176. The van der Waals surface area contributed by atoms with Crippen LogP contribution in [0.25, 0.3) is 10.9 Å². The third kappa shape index (κ3) is 5.32. The molecule has 3 amide bonds. The van der Waals surface area contributed by atoms with E-state index in [1.807, 2.05) is 19.9 Å². The Bertz CT molecular complexity index is 1540. The van der Waals surface area contributed by atoms with Crippen LogP contribution >= 0.6 is 0 Å². The molecule has 2 N–H and O–H groups in total. The summed E-state index contributed by atoms with van der Waals surface area (Å²) in [5.74, 6) is -4.56. The summed E-state index contributed by atoms with van der Waals surface area (Å²) in [5.41, 5.74) is -2.85. The van der Waals surface area contributed by atoms with Gasteiger partial charge in [-0.05, 0) is 28.7 Å². The average molecular weight is 596 g/mol. The van der Waals surface area contributed by atoms with Crippen molar-refractivity contribution >= 4 is 28.6 Å². The van der Waals surface area contributed by atoms with Gasteiger partial charge in [-0.3, -0.25) is 23.7 Å². The third-order valence-corrected chi connectivity index (χ3v) is 8.32. The second-order valence-electron chi connectivity index (χ2n) is 12.3. The zero-order valence-corrected chi connectivity index (χ0v) is 23.4. The van der Waals surface area contributed by atoms with E-state index in [1.54, 1.807) is 5.32 Å². The fourth-order valence-electron chi connectivity index (χ4n) is 6.01. The van der Waals surface area contributed by atoms with Crippen molar-refractivity contribution in [1.82, 2.24) is 20.1 Å². The van der Waals surface area contributed by atoms with Crippen LogP contribution < -0.4 is 16.2 Å². The summed E-state index contributed by atoms with van der Waals surface area (Å²) >= 11 is 0. The molecule has 1 aliphatic carbocycles. The molecule has 0 spiro atoms. The van der Waals surface area contributed by atoms with Crippen LogP contribution in [0.2, 0.25) is 0 Å². The van der Waals surface area contributed by atoms with E-state index in [-0.39, 0.29) is 33.5 Å². The minimum Gasteiger partial charge on any atom is -0.336 e. The molecule has 1 saturated heterocycles. The monoisotopic (exact) mass is 595 g/mol. The summed E-state index contributed by atoms with van der Waals surface area (Å²) in [5, 5.41) is 14.4. The van der Waals surface area contributed by atoms with Crippen molar-refractivity contribution in [2.75, 3.05) is 6.54 Å². The number of rotatable bonds is 6. The van der Waals surface area contributed by atoms with E-state index in [0.29, 0.717) is 0 Å². The first-order valence-electron chi connectivity index (χ1n) is 13.1. The topological polar surface area (TPSA) is 124 Å². The Hall–Kier alpha value is -4.02. The van der Waals surface area contributed by atoms with Gasteiger partial charge in [0.25, 0.3) is 5.56 Å². The Morgan fingerprint density at radius 1 is 1.10 bits per heavy atom. The molecule has 1 saturated carbocycles. The Morgan fingerprint density at radius 3 is 2.26 bits per heavy atom. The van der Waals surface area contributed by atoms with Gasteiger partial charge in [-0.15, -0.1) is 0 Å². The van der Waals surface area contributed by atoms with Crippen molar-refractivity contribution in [3.63, 3.8) is 0 Å². The molecule has 2 fully saturated rings. The molecule has 2 unspecified atom stereocenters. The van der Waals surface area contributed by atoms with Gasteiger partial charge in [0.1, 0.15) is 18.1 Å². The quantitative estimate of drug-likeness (QED) is 0.494. The number of halogens is 5. The molecule has 2 aliphatic rings. The number of aromatic nitrogens is 1. The zero-order chi connectivity index (χ0) is 31.5. The summed E-state index contributed by atoms with van der Waals surface area (Å²) in [4.78, 5) is 52.9. The van der Waals surface area contributed by atoms with Gasteiger partial charge in [-0.1, -0.05) is 52.8 Å². The van der Waals surface area contributed by atoms with Crippen molar-refractivity contribution in [2.45, 2.75) is 65.5 Å². The largest absolute Gasteiger partial charge is 0.471 e. The Balaban J connectivity index is 1.69. The van der Waals surface area contributed by atoms with Gasteiger partial charge in [-0.25, -0.2) is 0 Å². The van der Waals surface area contributed by atoms with Crippen molar-refractivity contribution < 1.29 is 36.3 Å². The smallest absolute Gasteiger partial charge is 0.336 e. The van der Waals surface area contributed by atoms with Gasteiger partial charge in [0.05, 0.1) is 11.6 Å². The number of carbonyl (C=O) groups excluding carboxylic acids is 3. The highest BCUT2D eigenvalue weighted by atomic mass is 19.4. The number of hydrogen-bond donors (Lipinski definition) is 2. The first-order valence-corrected chi connectivity index (χ1v) is 13.1. The fourth-order valence-corrected chi connectivity index (χ4v) is 6.01. The molecule has 42 heavy (non-hydrogen) atoms. The highest BCUT2D eigenvalue weighted by Gasteiger charge is 2.70. The van der Waals surface area contributed by atoms with Crippen LogP contribution in [0, 0.1) is 34.0 Å². The standard InChI is InChI=1S/C28H30F5N5O4/c1-26(2,3)21(36-24(42)28(31,32)33)23(41)37-12-15-19(27(15,4)5)20(37)22(40)35-16(11-34)14-10-18(39)38(25(29)30)17-9-7-6-8-13(14)17/h6-10,15-16,19-21,25H,12H2,1-5H3,(H,35,40)(H,36,42)/t15-,16?,19-,20-,21?/m0/s1. The molecule has 1 aromatic heterocycles. The number of fused-ring (bicyclic) bond motifs is 2. The molecule has 5 atom stereocenters. The normalized spacial score (nSPS) is 22.7. The first-order chi connectivity index (χ1) is 19.3. The van der Waals surface area contributed by atoms with Crippen LogP contribution in [0.3, 0.4) is 0 Å². The summed E-state index contributed by atoms with van der Waals surface area (Å²) < 4.78 is 66.7. The average Bonchev–Trinajstić information content (AvgIpc) is 3.20. The van der Waals surface area contributed by atoms with Crippen LogP contribution in [-0.2, 0) is 14.4 Å². The summed E-state index contributed by atoms with van der Waals surface area (Å²) in [7, 11) is 0. The number of nitriles is 1. The maximum absolute atomic E-state index is 13.8. The maximum Gasteiger partial charge on any atom is 0.471 e. The number of para-hydroxylation sites is 1. The molecule has 1 aromatic carbocycles. The van der Waals surface area contributed by atoms with E-state index in [4.69, 9.17) is 0 Å². The predicted molar refractivity (Wildman–Crippen MR) is 140 cm³/mol. The van der Waals surface area contributed by atoms with E-state index in [1.165, 1.54) is 45.0 Å². The minimum absolute atomic E-state index is 0.0316. The molecule has 1 aliphatic heterocycles. The molecule has 9 nitrogen and oxygen atoms in total. The fraction of sp³-hybridized carbons (Fsp3) is 0.536. The van der Waals surface area contributed by atoms with Crippen molar-refractivity contribution in [1.29, 1.82) is 5.26 Å². The summed E-state index contributed by atoms with van der Waals surface area (Å²) in [6, 6.07) is 4.05. The maximum atomic E-state index is 13.8. The molecular formula is C28H30F5N5O4. The number of nitrogens with one attached hydrogen (secondary N) is 2. The van der Waals surface area contributed by atoms with Crippen LogP contribution in [0.15, 0.2) is 35.1 Å². The van der Waals surface area contributed by atoms with E-state index >= 15 is 0 Å². The van der Waals surface area contributed by atoms with Crippen molar-refractivity contribution in [3.05, 3.63) is 46.2 Å². The lowest BCUT2D eigenvalue weighted by Gasteiger charge is -2.37. The number of carbonyl (C=O) groups is 3. The van der Waals surface area contributed by atoms with Crippen LogP contribution in [0.4, 0.5) is 22.0 Å². The van der Waals surface area contributed by atoms with E-state index in [9.17, 15) is 46.4 Å². The molecule has 4 rings (SSSR count). The number of nitrogens with zero attached hydrogens (tertiary/aromatic N) is 3. The van der Waals surface area contributed by atoms with E-state index in [2.05, 4.69) is 5.32 Å². The van der Waals surface area contributed by atoms with Gasteiger partial charge in [0, 0.05) is 23.6 Å². The van der Waals surface area contributed by atoms with Crippen LogP contribution in [0.1, 0.15) is 52.8 Å². The van der Waals surface area contributed by atoms with Gasteiger partial charge in [-0.2, -0.15) is 27.2 Å². The van der Waals surface area contributed by atoms with Crippen LogP contribution in [0.5, 0.6) is 0 Å². The van der Waals surface area contributed by atoms with Crippen molar-refractivity contribution in [3.8, 4) is 6.07 Å². The molecule has 0 bridgehead atoms. The van der Waals surface area contributed by atoms with Gasteiger partial charge < -0.3 is 15.5 Å². The number of pyridine rings is 1. The second kappa shape index (κ2) is 10.4. The Kier molecular flexibility index (Phi) is 7.63. The molecule has 2 heterocycles. The predicted octanol–water partition coefficient (Wildman–Crippen LogP) is 3.65. The number of hydrogen-bond acceptors (Lipinski definition) is 5. The van der Waals surface area contributed by atoms with Gasteiger partial charge in [0.15, 0.2) is 0 Å². The number of benzene rings is 1. The number of piperidine rings is 1. The minimum atomic E-state index is -5.24. The van der Waals surface area contributed by atoms with Crippen LogP contribution in [-0.4, -0.2) is 52.0 Å². The summed E-state index contributed by atoms with van der Waals surface area (Å²) in [6.07, 6.45) is -5.24. The Labute approximate surface area is 237 Å². The Morgan fingerprint density at radius 2 is 1.71 bits per heavy atom. The lowest BCUT2D eigenvalue weighted by atomic mass is 9.85. The van der Waals surface area contributed by atoms with Gasteiger partial charge >= 0.3 is 18.6 Å². The molecular weight excluding hydrogens is 565 g/mol. The molecule has 2 aromatic rings. The zero-order valence-electron chi connectivity index (χ0n) is 23.4. The first kappa shape index (κ1) is 30.9. The molecule has 0 radical (unpaired) electrons. The van der Waals surface area contributed by atoms with E-state index in [0.717, 1.165) is 11.0 Å². The molecule has 226 valence electrons. The van der Waals surface area contributed by atoms with E-state index < -0.39 is 70.9 Å². The third-order valence-electron chi connectivity index (χ3n) is 8.32. The van der Waals surface area contributed by atoms with Crippen molar-refractivity contribution in [2.24, 2.45) is 22.7 Å². The summed E-state index contributed by atoms with van der Waals surface area (Å²) in [6.45, 7) is 5.04. The number of amides is 3. The highest BCUT2D eigenvalue weighted by molar-refractivity contribution is 5.95. The second-order valence-corrected chi connectivity index (χ2v) is 12.3. The number of alkyl halides is 5.